The maximum atomic E-state index is 5.70. The quantitative estimate of drug-likeness (QED) is 0.864. The second-order valence-corrected chi connectivity index (χ2v) is 6.15. The van der Waals surface area contributed by atoms with Crippen LogP contribution in [0.1, 0.15) is 36.8 Å². The Morgan fingerprint density at radius 1 is 1.40 bits per heavy atom. The highest BCUT2D eigenvalue weighted by Crippen LogP contribution is 2.22. The molecule has 2 aliphatic rings. The number of nitrogens with one attached hydrogen (secondary N) is 1. The summed E-state index contributed by atoms with van der Waals surface area (Å²) in [5.74, 6) is 1.08. The van der Waals surface area contributed by atoms with E-state index in [9.17, 15) is 0 Å². The summed E-state index contributed by atoms with van der Waals surface area (Å²) in [5, 5.41) is 3.53. The van der Waals surface area contributed by atoms with Gasteiger partial charge in [0.2, 0.25) is 0 Å². The van der Waals surface area contributed by atoms with Crippen LogP contribution in [0.15, 0.2) is 12.3 Å². The molecule has 2 heterocycles. The highest BCUT2D eigenvalue weighted by atomic mass is 16.5. The zero-order valence-electron chi connectivity index (χ0n) is 12.6. The van der Waals surface area contributed by atoms with Crippen LogP contribution < -0.4 is 10.2 Å². The van der Waals surface area contributed by atoms with E-state index in [0.29, 0.717) is 6.10 Å². The highest BCUT2D eigenvalue weighted by Gasteiger charge is 2.21. The van der Waals surface area contributed by atoms with Gasteiger partial charge in [0.25, 0.3) is 0 Å². The maximum absolute atomic E-state index is 5.70. The zero-order chi connectivity index (χ0) is 13.9. The van der Waals surface area contributed by atoms with Crippen molar-refractivity contribution in [1.29, 1.82) is 0 Å². The van der Waals surface area contributed by atoms with Crippen LogP contribution in [-0.4, -0.2) is 37.3 Å². The lowest BCUT2D eigenvalue weighted by Crippen LogP contribution is -2.29. The molecule has 0 aromatic carbocycles. The van der Waals surface area contributed by atoms with Crippen LogP contribution in [-0.2, 0) is 11.3 Å². The first kappa shape index (κ1) is 13.8. The fraction of sp³-hybridized carbons (Fsp3) is 0.688. The molecule has 1 aliphatic heterocycles. The molecule has 1 saturated carbocycles. The van der Waals surface area contributed by atoms with Gasteiger partial charge in [-0.05, 0) is 49.8 Å². The monoisotopic (exact) mass is 275 g/mol. The number of rotatable bonds is 6. The number of hydrogen-bond acceptors (Lipinski definition) is 4. The summed E-state index contributed by atoms with van der Waals surface area (Å²) < 4.78 is 5.70. The van der Waals surface area contributed by atoms with Gasteiger partial charge >= 0.3 is 0 Å². The molecule has 110 valence electrons. The van der Waals surface area contributed by atoms with Crippen LogP contribution in [0, 0.1) is 6.92 Å². The lowest BCUT2D eigenvalue weighted by Gasteiger charge is -2.23. The molecular weight excluding hydrogens is 250 g/mol. The fourth-order valence-corrected chi connectivity index (χ4v) is 2.85. The topological polar surface area (TPSA) is 37.4 Å². The first-order valence-corrected chi connectivity index (χ1v) is 7.74. The predicted octanol–water partition coefficient (Wildman–Crippen LogP) is 2.26. The van der Waals surface area contributed by atoms with Gasteiger partial charge < -0.3 is 15.0 Å². The van der Waals surface area contributed by atoms with Crippen LogP contribution >= 0.6 is 0 Å². The molecule has 1 unspecified atom stereocenters. The largest absolute Gasteiger partial charge is 0.376 e. The molecule has 1 aromatic rings. The Morgan fingerprint density at radius 2 is 2.25 bits per heavy atom. The zero-order valence-corrected chi connectivity index (χ0v) is 12.6. The van der Waals surface area contributed by atoms with Crippen molar-refractivity contribution in [3.05, 3.63) is 23.4 Å². The Balaban J connectivity index is 1.59. The van der Waals surface area contributed by atoms with Crippen molar-refractivity contribution in [1.82, 2.24) is 10.3 Å². The fourth-order valence-electron chi connectivity index (χ4n) is 2.85. The van der Waals surface area contributed by atoms with E-state index < -0.39 is 0 Å². The maximum Gasteiger partial charge on any atom is 0.131 e. The van der Waals surface area contributed by atoms with Gasteiger partial charge in [0, 0.05) is 39.0 Å². The van der Waals surface area contributed by atoms with E-state index in [4.69, 9.17) is 4.74 Å². The average molecular weight is 275 g/mol. The van der Waals surface area contributed by atoms with Gasteiger partial charge in [0.05, 0.1) is 6.10 Å². The van der Waals surface area contributed by atoms with E-state index in [0.717, 1.165) is 31.6 Å². The Bertz CT molecular complexity index is 453. The SMILES string of the molecule is Cc1cc(CNC2CC2)cnc1N(C)CC1CCCO1. The summed E-state index contributed by atoms with van der Waals surface area (Å²) in [5.41, 5.74) is 2.53. The summed E-state index contributed by atoms with van der Waals surface area (Å²) >= 11 is 0. The van der Waals surface area contributed by atoms with E-state index in [2.05, 4.69) is 35.2 Å². The highest BCUT2D eigenvalue weighted by molar-refractivity contribution is 5.46. The minimum absolute atomic E-state index is 0.373. The van der Waals surface area contributed by atoms with Gasteiger partial charge in [0.1, 0.15) is 5.82 Å². The van der Waals surface area contributed by atoms with Gasteiger partial charge in [-0.2, -0.15) is 0 Å². The molecule has 2 fully saturated rings. The van der Waals surface area contributed by atoms with Crippen molar-refractivity contribution in [3.8, 4) is 0 Å². The molecule has 3 rings (SSSR count). The van der Waals surface area contributed by atoms with Crippen molar-refractivity contribution < 1.29 is 4.74 Å². The summed E-state index contributed by atoms with van der Waals surface area (Å²) in [7, 11) is 2.11. The first-order chi connectivity index (χ1) is 9.72. The van der Waals surface area contributed by atoms with Crippen LogP contribution in [0.2, 0.25) is 0 Å². The molecule has 0 amide bonds. The Morgan fingerprint density at radius 3 is 2.90 bits per heavy atom. The molecule has 1 atom stereocenters. The number of nitrogens with zero attached hydrogens (tertiary/aromatic N) is 2. The van der Waals surface area contributed by atoms with Crippen LogP contribution in [0.5, 0.6) is 0 Å². The normalized spacial score (nSPS) is 22.2. The number of pyridine rings is 1. The van der Waals surface area contributed by atoms with Gasteiger partial charge in [-0.3, -0.25) is 0 Å². The molecule has 1 aromatic heterocycles. The summed E-state index contributed by atoms with van der Waals surface area (Å²) in [6.45, 7) is 4.94. The Kier molecular flexibility index (Phi) is 4.22. The predicted molar refractivity (Wildman–Crippen MR) is 81.1 cm³/mol. The second-order valence-electron chi connectivity index (χ2n) is 6.15. The standard InChI is InChI=1S/C16H25N3O/c1-12-8-13(9-17-14-5-6-14)10-18-16(12)19(2)11-15-4-3-7-20-15/h8,10,14-15,17H,3-7,9,11H2,1-2H3. The van der Waals surface area contributed by atoms with Crippen LogP contribution in [0.4, 0.5) is 5.82 Å². The Labute approximate surface area is 121 Å². The Hall–Kier alpha value is -1.13. The molecule has 1 N–H and O–H groups in total. The molecular formula is C16H25N3O. The lowest BCUT2D eigenvalue weighted by molar-refractivity contribution is 0.116. The molecule has 0 bridgehead atoms. The van der Waals surface area contributed by atoms with E-state index in [1.165, 1.54) is 36.8 Å². The average Bonchev–Trinajstić information content (AvgIpc) is 3.13. The third-order valence-electron chi connectivity index (χ3n) is 4.14. The summed E-state index contributed by atoms with van der Waals surface area (Å²) in [6, 6.07) is 3.00. The van der Waals surface area contributed by atoms with Crippen molar-refractivity contribution >= 4 is 5.82 Å². The number of ether oxygens (including phenoxy) is 1. The number of aromatic nitrogens is 1. The van der Waals surface area contributed by atoms with E-state index in [1.807, 2.05) is 6.20 Å². The molecule has 0 spiro atoms. The van der Waals surface area contributed by atoms with E-state index in [-0.39, 0.29) is 0 Å². The van der Waals surface area contributed by atoms with Gasteiger partial charge in [-0.25, -0.2) is 4.98 Å². The molecule has 1 saturated heterocycles. The summed E-state index contributed by atoms with van der Waals surface area (Å²) in [4.78, 5) is 6.87. The summed E-state index contributed by atoms with van der Waals surface area (Å²) in [6.07, 6.45) is 7.40. The molecule has 1 aliphatic carbocycles. The molecule has 4 nitrogen and oxygen atoms in total. The van der Waals surface area contributed by atoms with Crippen LogP contribution in [0.3, 0.4) is 0 Å². The van der Waals surface area contributed by atoms with E-state index >= 15 is 0 Å². The van der Waals surface area contributed by atoms with Crippen molar-refractivity contribution in [2.75, 3.05) is 25.1 Å². The first-order valence-electron chi connectivity index (χ1n) is 7.74. The van der Waals surface area contributed by atoms with E-state index in [1.54, 1.807) is 0 Å². The molecule has 4 heteroatoms. The third-order valence-corrected chi connectivity index (χ3v) is 4.14. The van der Waals surface area contributed by atoms with Crippen molar-refractivity contribution in [3.63, 3.8) is 0 Å². The van der Waals surface area contributed by atoms with Gasteiger partial charge in [-0.1, -0.05) is 0 Å². The third kappa shape index (κ3) is 3.49. The lowest BCUT2D eigenvalue weighted by atomic mass is 10.2. The van der Waals surface area contributed by atoms with Crippen molar-refractivity contribution in [2.45, 2.75) is 51.3 Å². The number of likely N-dealkylation sites (N-methyl/N-ethyl adjacent to an activating group) is 1. The number of anilines is 1. The van der Waals surface area contributed by atoms with Gasteiger partial charge in [0.15, 0.2) is 0 Å². The van der Waals surface area contributed by atoms with Crippen molar-refractivity contribution in [2.24, 2.45) is 0 Å². The second kappa shape index (κ2) is 6.10. The minimum Gasteiger partial charge on any atom is -0.376 e. The number of hydrogen-bond donors (Lipinski definition) is 1. The molecule has 20 heavy (non-hydrogen) atoms. The number of aryl methyl sites for hydroxylation is 1. The minimum atomic E-state index is 0.373. The van der Waals surface area contributed by atoms with Crippen LogP contribution in [0.25, 0.3) is 0 Å². The smallest absolute Gasteiger partial charge is 0.131 e. The molecule has 0 radical (unpaired) electrons. The van der Waals surface area contributed by atoms with Gasteiger partial charge in [-0.15, -0.1) is 0 Å².